The van der Waals surface area contributed by atoms with Crippen LogP contribution in [-0.4, -0.2) is 10.2 Å². The molecule has 11 heavy (non-hydrogen) atoms. The van der Waals surface area contributed by atoms with E-state index in [4.69, 9.17) is 5.11 Å². The summed E-state index contributed by atoms with van der Waals surface area (Å²) in [6.07, 6.45) is 0.753. The summed E-state index contributed by atoms with van der Waals surface area (Å²) in [4.78, 5) is 0. The lowest BCUT2D eigenvalue weighted by Gasteiger charge is -2.05. The number of phenolic OH excluding ortho intramolecular Hbond substituents is 1. The highest BCUT2D eigenvalue weighted by molar-refractivity contribution is 5.38. The van der Waals surface area contributed by atoms with Crippen molar-refractivity contribution in [1.29, 1.82) is 0 Å². The number of aliphatic hydroxyl groups is 1. The zero-order chi connectivity index (χ0) is 8.27. The summed E-state index contributed by atoms with van der Waals surface area (Å²) < 4.78 is 0. The summed E-state index contributed by atoms with van der Waals surface area (Å²) in [5, 5.41) is 18.2. The van der Waals surface area contributed by atoms with Gasteiger partial charge >= 0.3 is 0 Å². The predicted molar refractivity (Wildman–Crippen MR) is 43.4 cm³/mol. The maximum absolute atomic E-state index is 9.31. The first kappa shape index (κ1) is 8.08. The van der Waals surface area contributed by atoms with Crippen molar-refractivity contribution in [2.45, 2.75) is 20.0 Å². The molecule has 0 saturated carbocycles. The number of hydrogen-bond donors (Lipinski definition) is 2. The van der Waals surface area contributed by atoms with Crippen molar-refractivity contribution in [3.8, 4) is 5.75 Å². The maximum Gasteiger partial charge on any atom is 0.119 e. The number of aliphatic hydroxyl groups excluding tert-OH is 1. The van der Waals surface area contributed by atoms with Gasteiger partial charge < -0.3 is 10.2 Å². The van der Waals surface area contributed by atoms with Crippen LogP contribution in [0.2, 0.25) is 0 Å². The fourth-order valence-electron chi connectivity index (χ4n) is 1.18. The molecule has 2 heteroatoms. The molecule has 0 bridgehead atoms. The van der Waals surface area contributed by atoms with Crippen molar-refractivity contribution in [3.05, 3.63) is 29.3 Å². The average molecular weight is 152 g/mol. The van der Waals surface area contributed by atoms with Gasteiger partial charge in [0.25, 0.3) is 0 Å². The molecule has 0 saturated heterocycles. The van der Waals surface area contributed by atoms with Gasteiger partial charge in [-0.05, 0) is 23.6 Å². The van der Waals surface area contributed by atoms with Gasteiger partial charge in [-0.1, -0.05) is 19.1 Å². The molecule has 0 radical (unpaired) electrons. The third-order valence-corrected chi connectivity index (χ3v) is 1.77. The highest BCUT2D eigenvalue weighted by atomic mass is 16.3. The van der Waals surface area contributed by atoms with Gasteiger partial charge in [-0.25, -0.2) is 0 Å². The second kappa shape index (κ2) is 3.39. The van der Waals surface area contributed by atoms with Crippen LogP contribution >= 0.6 is 0 Å². The van der Waals surface area contributed by atoms with E-state index in [0.717, 1.165) is 17.5 Å². The standard InChI is InChI=1S/C9H12O2/c1-2-8-7(6-10)4-3-5-9(8)11/h3-5,10-11H,2,6H2,1H3. The monoisotopic (exact) mass is 152 g/mol. The molecule has 1 aromatic rings. The van der Waals surface area contributed by atoms with E-state index in [-0.39, 0.29) is 12.4 Å². The molecular weight excluding hydrogens is 140 g/mol. The Bertz CT molecular complexity index is 243. The van der Waals surface area contributed by atoms with Crippen LogP contribution in [0.3, 0.4) is 0 Å². The number of phenols is 1. The molecule has 0 unspecified atom stereocenters. The molecule has 0 aliphatic carbocycles. The Balaban J connectivity index is 3.13. The summed E-state index contributed by atoms with van der Waals surface area (Å²) in [6.45, 7) is 1.95. The topological polar surface area (TPSA) is 40.5 Å². The Morgan fingerprint density at radius 2 is 2.09 bits per heavy atom. The fourth-order valence-corrected chi connectivity index (χ4v) is 1.18. The van der Waals surface area contributed by atoms with E-state index in [9.17, 15) is 5.11 Å². The second-order valence-electron chi connectivity index (χ2n) is 2.43. The maximum atomic E-state index is 9.31. The van der Waals surface area contributed by atoms with E-state index in [1.807, 2.05) is 13.0 Å². The normalized spacial score (nSPS) is 10.0. The number of benzene rings is 1. The molecule has 0 fully saturated rings. The zero-order valence-electron chi connectivity index (χ0n) is 6.54. The van der Waals surface area contributed by atoms with Crippen LogP contribution in [0.4, 0.5) is 0 Å². The molecule has 60 valence electrons. The van der Waals surface area contributed by atoms with E-state index >= 15 is 0 Å². The van der Waals surface area contributed by atoms with Crippen LogP contribution < -0.4 is 0 Å². The van der Waals surface area contributed by atoms with Crippen molar-refractivity contribution < 1.29 is 10.2 Å². The fraction of sp³-hybridized carbons (Fsp3) is 0.333. The summed E-state index contributed by atoms with van der Waals surface area (Å²) in [5.74, 6) is 0.277. The molecule has 1 aromatic carbocycles. The SMILES string of the molecule is CCc1c(O)cccc1CO. The van der Waals surface area contributed by atoms with E-state index < -0.39 is 0 Å². The van der Waals surface area contributed by atoms with Gasteiger partial charge in [0.1, 0.15) is 5.75 Å². The van der Waals surface area contributed by atoms with E-state index in [1.165, 1.54) is 0 Å². The molecule has 0 aliphatic rings. The molecule has 0 amide bonds. The average Bonchev–Trinajstić information content (AvgIpc) is 2.04. The van der Waals surface area contributed by atoms with Gasteiger partial charge in [0, 0.05) is 0 Å². The van der Waals surface area contributed by atoms with Gasteiger partial charge in [0.05, 0.1) is 6.61 Å². The van der Waals surface area contributed by atoms with Gasteiger partial charge in [-0.15, -0.1) is 0 Å². The molecule has 0 atom stereocenters. The van der Waals surface area contributed by atoms with Crippen LogP contribution in [-0.2, 0) is 13.0 Å². The zero-order valence-corrected chi connectivity index (χ0v) is 6.54. The Hall–Kier alpha value is -1.02. The minimum absolute atomic E-state index is 0.00241. The van der Waals surface area contributed by atoms with Gasteiger partial charge in [-0.2, -0.15) is 0 Å². The molecule has 2 nitrogen and oxygen atoms in total. The van der Waals surface area contributed by atoms with Crippen LogP contribution in [0, 0.1) is 0 Å². The van der Waals surface area contributed by atoms with Gasteiger partial charge in [0.2, 0.25) is 0 Å². The first-order valence-electron chi connectivity index (χ1n) is 3.70. The van der Waals surface area contributed by atoms with E-state index in [1.54, 1.807) is 12.1 Å². The van der Waals surface area contributed by atoms with Gasteiger partial charge in [0.15, 0.2) is 0 Å². The molecule has 0 spiro atoms. The molecule has 2 N–H and O–H groups in total. The summed E-state index contributed by atoms with van der Waals surface area (Å²) in [7, 11) is 0. The van der Waals surface area contributed by atoms with Crippen molar-refractivity contribution in [2.75, 3.05) is 0 Å². The van der Waals surface area contributed by atoms with Crippen molar-refractivity contribution >= 4 is 0 Å². The van der Waals surface area contributed by atoms with Crippen LogP contribution in [0.25, 0.3) is 0 Å². The number of aromatic hydroxyl groups is 1. The third-order valence-electron chi connectivity index (χ3n) is 1.77. The first-order chi connectivity index (χ1) is 5.29. The summed E-state index contributed by atoms with van der Waals surface area (Å²) in [5.41, 5.74) is 1.66. The van der Waals surface area contributed by atoms with Crippen molar-refractivity contribution in [1.82, 2.24) is 0 Å². The van der Waals surface area contributed by atoms with E-state index in [2.05, 4.69) is 0 Å². The van der Waals surface area contributed by atoms with Crippen molar-refractivity contribution in [2.24, 2.45) is 0 Å². The second-order valence-corrected chi connectivity index (χ2v) is 2.43. The third kappa shape index (κ3) is 1.52. The molecular formula is C9H12O2. The smallest absolute Gasteiger partial charge is 0.119 e. The van der Waals surface area contributed by atoms with E-state index in [0.29, 0.717) is 0 Å². The Morgan fingerprint density at radius 1 is 1.36 bits per heavy atom. The van der Waals surface area contributed by atoms with Gasteiger partial charge in [-0.3, -0.25) is 0 Å². The lowest BCUT2D eigenvalue weighted by Crippen LogP contribution is -1.91. The first-order valence-corrected chi connectivity index (χ1v) is 3.70. The Labute approximate surface area is 66.1 Å². The minimum atomic E-state index is -0.00241. The quantitative estimate of drug-likeness (QED) is 0.673. The lowest BCUT2D eigenvalue weighted by molar-refractivity contribution is 0.280. The highest BCUT2D eigenvalue weighted by Crippen LogP contribution is 2.21. The molecule has 0 heterocycles. The molecule has 1 rings (SSSR count). The van der Waals surface area contributed by atoms with Crippen LogP contribution in [0.5, 0.6) is 5.75 Å². The van der Waals surface area contributed by atoms with Crippen molar-refractivity contribution in [3.63, 3.8) is 0 Å². The lowest BCUT2D eigenvalue weighted by atomic mass is 10.1. The highest BCUT2D eigenvalue weighted by Gasteiger charge is 2.02. The Kier molecular flexibility index (Phi) is 2.49. The van der Waals surface area contributed by atoms with Crippen LogP contribution in [0.15, 0.2) is 18.2 Å². The number of rotatable bonds is 2. The predicted octanol–water partition coefficient (Wildman–Crippen LogP) is 1.45. The largest absolute Gasteiger partial charge is 0.508 e. The summed E-state index contributed by atoms with van der Waals surface area (Å²) >= 11 is 0. The Morgan fingerprint density at radius 3 is 2.55 bits per heavy atom. The molecule has 0 aliphatic heterocycles. The molecule has 0 aromatic heterocycles. The van der Waals surface area contributed by atoms with Crippen LogP contribution in [0.1, 0.15) is 18.1 Å². The minimum Gasteiger partial charge on any atom is -0.508 e. The number of hydrogen-bond acceptors (Lipinski definition) is 2. The summed E-state index contributed by atoms with van der Waals surface area (Å²) in [6, 6.07) is 5.19.